The molecule has 36 heavy (non-hydrogen) atoms. The zero-order chi connectivity index (χ0) is 26.4. The summed E-state index contributed by atoms with van der Waals surface area (Å²) in [5, 5.41) is 61.0. The molecule has 0 aromatic heterocycles. The Balaban J connectivity index is 1.56. The molecular weight excluding hydrogens is 472 g/mol. The van der Waals surface area contributed by atoms with Crippen LogP contribution in [0.25, 0.3) is 0 Å². The normalized spacial score (nSPS) is 48.7. The maximum Gasteiger partial charge on any atom is 0.336 e. The number of aliphatic hydroxyl groups is 6. The Morgan fingerprint density at radius 3 is 2.44 bits per heavy atom. The maximum absolute atomic E-state index is 12.0. The molecule has 2 aliphatic heterocycles. The molecule has 11 atom stereocenters. The number of esters is 1. The van der Waals surface area contributed by atoms with Crippen molar-refractivity contribution >= 4 is 5.97 Å². The molecule has 4 rings (SSSR count). The molecule has 0 bridgehead atoms. The summed E-state index contributed by atoms with van der Waals surface area (Å²) in [6, 6.07) is 0. The smallest absolute Gasteiger partial charge is 0.336 e. The Bertz CT molecular complexity index is 873. The fourth-order valence-electron chi connectivity index (χ4n) is 7.11. The van der Waals surface area contributed by atoms with Crippen molar-refractivity contribution in [3.63, 3.8) is 0 Å². The van der Waals surface area contributed by atoms with Crippen molar-refractivity contribution in [1.29, 1.82) is 0 Å². The lowest BCUT2D eigenvalue weighted by Crippen LogP contribution is -2.63. The molecule has 2 saturated heterocycles. The highest BCUT2D eigenvalue weighted by molar-refractivity contribution is 5.91. The van der Waals surface area contributed by atoms with Gasteiger partial charge in [-0.05, 0) is 49.4 Å². The van der Waals surface area contributed by atoms with Crippen molar-refractivity contribution in [1.82, 2.24) is 0 Å². The van der Waals surface area contributed by atoms with E-state index in [-0.39, 0.29) is 36.0 Å². The molecule has 4 aliphatic rings. The molecule has 10 nitrogen and oxygen atoms in total. The number of allylic oxidation sites excluding steroid dienone is 2. The lowest BCUT2D eigenvalue weighted by molar-refractivity contribution is -0.330. The number of rotatable bonds is 6. The fraction of sp³-hybridized carbons (Fsp3) is 0.808. The number of carbonyl (C=O) groups is 1. The monoisotopic (exact) mass is 512 g/mol. The highest BCUT2D eigenvalue weighted by Crippen LogP contribution is 2.62. The van der Waals surface area contributed by atoms with E-state index < -0.39 is 60.9 Å². The molecule has 0 amide bonds. The highest BCUT2D eigenvalue weighted by Gasteiger charge is 2.59. The van der Waals surface area contributed by atoms with Crippen molar-refractivity contribution in [3.05, 3.63) is 23.8 Å². The van der Waals surface area contributed by atoms with Crippen LogP contribution in [0.15, 0.2) is 23.8 Å². The molecule has 0 aromatic carbocycles. The second kappa shape index (κ2) is 10.4. The number of cyclic esters (lactones) is 1. The molecule has 0 radical (unpaired) electrons. The number of aliphatic hydroxyl groups excluding tert-OH is 6. The highest BCUT2D eigenvalue weighted by atomic mass is 16.7. The largest absolute Gasteiger partial charge is 0.459 e. The summed E-state index contributed by atoms with van der Waals surface area (Å²) in [6.45, 7) is 7.68. The van der Waals surface area contributed by atoms with Crippen molar-refractivity contribution in [3.8, 4) is 0 Å². The first kappa shape index (κ1) is 27.7. The first-order valence-electron chi connectivity index (χ1n) is 12.8. The summed E-state index contributed by atoms with van der Waals surface area (Å²) in [4.78, 5) is 12.0. The van der Waals surface area contributed by atoms with Crippen molar-refractivity contribution < 1.29 is 49.6 Å². The van der Waals surface area contributed by atoms with Gasteiger partial charge < -0.3 is 44.8 Å². The standard InChI is InChI=1S/C26H40O10/c1-13-4-7-18-25(2,15(13)6-5-14-16(29)11-34-23(14)33)9-8-19(26(18,3)12-28)36-24-22(32)21(31)20(30)17(10-27)35-24/h5,15-22,24,27-32H,1,4,6-12H2,2-3H3/b14-5-/t15-,16-,17-,18+,19-,20-,21-,22-,24+,25+,26+/m1/s1. The van der Waals surface area contributed by atoms with E-state index >= 15 is 0 Å². The third-order valence-corrected chi connectivity index (χ3v) is 9.34. The Labute approximate surface area is 211 Å². The predicted octanol–water partition coefficient (Wildman–Crippen LogP) is -0.213. The molecule has 0 aromatic rings. The minimum Gasteiger partial charge on any atom is -0.459 e. The topological polar surface area (TPSA) is 166 Å². The lowest BCUT2D eigenvalue weighted by atomic mass is 9.46. The predicted molar refractivity (Wildman–Crippen MR) is 126 cm³/mol. The Kier molecular flexibility index (Phi) is 8.00. The van der Waals surface area contributed by atoms with Gasteiger partial charge in [-0.3, -0.25) is 0 Å². The molecule has 10 heteroatoms. The number of hydrogen-bond acceptors (Lipinski definition) is 10. The Morgan fingerprint density at radius 2 is 1.83 bits per heavy atom. The summed E-state index contributed by atoms with van der Waals surface area (Å²) in [6.07, 6.45) is -3.26. The van der Waals surface area contributed by atoms with Crippen molar-refractivity contribution in [2.24, 2.45) is 22.7 Å². The summed E-state index contributed by atoms with van der Waals surface area (Å²) in [5.74, 6) is -0.473. The van der Waals surface area contributed by atoms with E-state index in [0.29, 0.717) is 12.8 Å². The van der Waals surface area contributed by atoms with Crippen LogP contribution in [0, 0.1) is 22.7 Å². The van der Waals surface area contributed by atoms with E-state index in [0.717, 1.165) is 24.8 Å². The summed E-state index contributed by atoms with van der Waals surface area (Å²) >= 11 is 0. The van der Waals surface area contributed by atoms with Gasteiger partial charge in [0.05, 0.1) is 24.9 Å². The van der Waals surface area contributed by atoms with E-state index in [9.17, 15) is 35.4 Å². The van der Waals surface area contributed by atoms with Gasteiger partial charge in [0.1, 0.15) is 37.1 Å². The third kappa shape index (κ3) is 4.56. The average molecular weight is 513 g/mol. The molecule has 204 valence electrons. The van der Waals surface area contributed by atoms with Crippen LogP contribution in [0.1, 0.15) is 46.0 Å². The molecule has 2 aliphatic carbocycles. The van der Waals surface area contributed by atoms with E-state index in [4.69, 9.17) is 14.2 Å². The molecule has 6 N–H and O–H groups in total. The molecular formula is C26H40O10. The Morgan fingerprint density at radius 1 is 1.11 bits per heavy atom. The maximum atomic E-state index is 12.0. The number of carbonyl (C=O) groups excluding carboxylic acids is 1. The average Bonchev–Trinajstić information content (AvgIpc) is 3.17. The van der Waals surface area contributed by atoms with Crippen LogP contribution in [0.2, 0.25) is 0 Å². The van der Waals surface area contributed by atoms with Crippen molar-refractivity contribution in [2.75, 3.05) is 19.8 Å². The molecule has 2 saturated carbocycles. The first-order chi connectivity index (χ1) is 17.0. The summed E-state index contributed by atoms with van der Waals surface area (Å²) in [7, 11) is 0. The molecule has 0 unspecified atom stereocenters. The van der Waals surface area contributed by atoms with Crippen LogP contribution < -0.4 is 0 Å². The zero-order valence-corrected chi connectivity index (χ0v) is 21.0. The van der Waals surface area contributed by atoms with Crippen LogP contribution in [0.3, 0.4) is 0 Å². The number of hydrogen-bond donors (Lipinski definition) is 6. The van der Waals surface area contributed by atoms with Crippen LogP contribution in [-0.4, -0.2) is 99.3 Å². The SMILES string of the molecule is C=C1CC[C@@H]2[C@](C)(CO)[C@H](O[C@@H]3O[C@H](CO)[C@@H](O)[C@@H](O)[C@H]3O)CC[C@@]2(C)[C@@H]1C/C=C1\C(=O)OC[C@H]1O. The second-order valence-electron chi connectivity index (χ2n) is 11.3. The molecule has 0 spiro atoms. The van der Waals surface area contributed by atoms with Gasteiger partial charge in [-0.25, -0.2) is 4.79 Å². The van der Waals surface area contributed by atoms with Gasteiger partial charge in [0.2, 0.25) is 0 Å². The minimum atomic E-state index is -1.54. The summed E-state index contributed by atoms with van der Waals surface area (Å²) < 4.78 is 16.7. The van der Waals surface area contributed by atoms with Gasteiger partial charge in [-0.15, -0.1) is 0 Å². The number of fused-ring (bicyclic) bond motifs is 1. The lowest BCUT2D eigenvalue weighted by Gasteiger charge is -2.61. The molecule has 2 heterocycles. The van der Waals surface area contributed by atoms with E-state index in [1.54, 1.807) is 6.08 Å². The van der Waals surface area contributed by atoms with Gasteiger partial charge in [-0.1, -0.05) is 32.1 Å². The van der Waals surface area contributed by atoms with Gasteiger partial charge in [-0.2, -0.15) is 0 Å². The van der Waals surface area contributed by atoms with Gasteiger partial charge in [0.25, 0.3) is 0 Å². The van der Waals surface area contributed by atoms with Crippen LogP contribution in [0.4, 0.5) is 0 Å². The van der Waals surface area contributed by atoms with Gasteiger partial charge in [0, 0.05) is 5.41 Å². The van der Waals surface area contributed by atoms with Gasteiger partial charge in [0.15, 0.2) is 6.29 Å². The minimum absolute atomic E-state index is 0.00740. The van der Waals surface area contributed by atoms with E-state index in [1.165, 1.54) is 0 Å². The van der Waals surface area contributed by atoms with E-state index in [2.05, 4.69) is 13.5 Å². The van der Waals surface area contributed by atoms with E-state index in [1.807, 2.05) is 6.92 Å². The Hall–Kier alpha value is -1.37. The quantitative estimate of drug-likeness (QED) is 0.121. The van der Waals surface area contributed by atoms with Crippen molar-refractivity contribution in [2.45, 2.75) is 88.9 Å². The number of ether oxygens (including phenoxy) is 3. The zero-order valence-electron chi connectivity index (χ0n) is 21.0. The van der Waals surface area contributed by atoms with Crippen LogP contribution >= 0.6 is 0 Å². The fourth-order valence-corrected chi connectivity index (χ4v) is 7.11. The molecule has 4 fully saturated rings. The van der Waals surface area contributed by atoms with Crippen LogP contribution in [-0.2, 0) is 19.0 Å². The van der Waals surface area contributed by atoms with Crippen LogP contribution in [0.5, 0.6) is 0 Å². The second-order valence-corrected chi connectivity index (χ2v) is 11.3. The van der Waals surface area contributed by atoms with Gasteiger partial charge >= 0.3 is 5.97 Å². The third-order valence-electron chi connectivity index (χ3n) is 9.34. The summed E-state index contributed by atoms with van der Waals surface area (Å²) in [5.41, 5.74) is 0.356. The first-order valence-corrected chi connectivity index (χ1v) is 12.8.